The third-order valence-electron chi connectivity index (χ3n) is 5.91. The molecule has 1 saturated heterocycles. The Morgan fingerprint density at radius 2 is 2.00 bits per heavy atom. The maximum atomic E-state index is 12.7. The number of aliphatic hydroxyl groups is 2. The normalized spacial score (nSPS) is 22.3. The number of nitrogen functional groups attached to an aromatic ring is 1. The van der Waals surface area contributed by atoms with Gasteiger partial charge in [-0.1, -0.05) is 28.7 Å². The number of aromatic amines is 1. The van der Waals surface area contributed by atoms with Crippen LogP contribution in [0.3, 0.4) is 0 Å². The van der Waals surface area contributed by atoms with Gasteiger partial charge in [0.2, 0.25) is 11.7 Å². The molecule has 13 nitrogen and oxygen atoms in total. The van der Waals surface area contributed by atoms with Gasteiger partial charge in [-0.3, -0.25) is 23.9 Å². The van der Waals surface area contributed by atoms with Crippen molar-refractivity contribution in [3.63, 3.8) is 0 Å². The van der Waals surface area contributed by atoms with Crippen molar-refractivity contribution in [2.45, 2.75) is 31.1 Å². The van der Waals surface area contributed by atoms with E-state index in [0.29, 0.717) is 5.02 Å². The molecule has 0 spiro atoms. The Morgan fingerprint density at radius 1 is 1.23 bits per heavy atom. The summed E-state index contributed by atoms with van der Waals surface area (Å²) in [6.45, 7) is 0.0453. The van der Waals surface area contributed by atoms with Crippen LogP contribution in [0.4, 0.5) is 11.6 Å². The second kappa shape index (κ2) is 8.46. The lowest BCUT2D eigenvalue weighted by Crippen LogP contribution is -2.46. The van der Waals surface area contributed by atoms with Gasteiger partial charge in [-0.05, 0) is 17.7 Å². The average molecular weight is 504 g/mol. The molecule has 2 aromatic carbocycles. The van der Waals surface area contributed by atoms with Gasteiger partial charge < -0.3 is 31.1 Å². The molecule has 0 amide bonds. The zero-order chi connectivity index (χ0) is 25.0. The Bertz CT molecular complexity index is 1570. The number of nitrogens with two attached hydrogens (primary N) is 1. The molecule has 0 bridgehead atoms. The monoisotopic (exact) mass is 503 g/mol. The summed E-state index contributed by atoms with van der Waals surface area (Å²) in [7, 11) is 0. The van der Waals surface area contributed by atoms with Crippen molar-refractivity contribution in [3.8, 4) is 5.75 Å². The fraction of sp³-hybridized carbons (Fsp3) is 0.286. The number of anilines is 2. The molecule has 182 valence electrons. The Morgan fingerprint density at radius 3 is 2.71 bits per heavy atom. The summed E-state index contributed by atoms with van der Waals surface area (Å²) in [5, 5.41) is 33.8. The van der Waals surface area contributed by atoms with Crippen molar-refractivity contribution in [1.29, 1.82) is 0 Å². The highest BCUT2D eigenvalue weighted by Gasteiger charge is 2.47. The molecule has 14 heteroatoms. The molecular formula is C21H20ClN6O7+. The smallest absolute Gasteiger partial charge is 0.313 e. The number of aliphatic hydroxyl groups excluding tert-OH is 2. The summed E-state index contributed by atoms with van der Waals surface area (Å²) in [6.07, 6.45) is -3.54. The first-order chi connectivity index (χ1) is 16.7. The summed E-state index contributed by atoms with van der Waals surface area (Å²) >= 11 is 6.08. The molecule has 7 N–H and O–H groups in total. The molecule has 0 aliphatic carbocycles. The van der Waals surface area contributed by atoms with E-state index in [1.807, 2.05) is 6.07 Å². The molecule has 3 heterocycles. The minimum Gasteiger partial charge on any atom is -0.502 e. The van der Waals surface area contributed by atoms with Gasteiger partial charge in [0, 0.05) is 11.6 Å². The number of aromatic nitrogens is 4. The Labute approximate surface area is 200 Å². The third kappa shape index (κ3) is 3.83. The molecule has 1 aliphatic heterocycles. The van der Waals surface area contributed by atoms with Crippen molar-refractivity contribution in [2.24, 2.45) is 0 Å². The van der Waals surface area contributed by atoms with Crippen LogP contribution in [0, 0.1) is 0 Å². The summed E-state index contributed by atoms with van der Waals surface area (Å²) in [6, 6.07) is 7.04. The third-order valence-corrected chi connectivity index (χ3v) is 6.14. The van der Waals surface area contributed by atoms with Crippen molar-refractivity contribution in [1.82, 2.24) is 14.5 Å². The first-order valence-corrected chi connectivity index (χ1v) is 10.9. The number of halogens is 1. The molecule has 0 unspecified atom stereocenters. The zero-order valence-corrected chi connectivity index (χ0v) is 18.6. The van der Waals surface area contributed by atoms with E-state index in [9.17, 15) is 29.7 Å². The van der Waals surface area contributed by atoms with Gasteiger partial charge in [-0.25, -0.2) is 4.57 Å². The molecule has 1 aliphatic rings. The number of nitrogens with one attached hydrogen (secondary N) is 2. The Hall–Kier alpha value is -3.78. The van der Waals surface area contributed by atoms with Crippen LogP contribution in [0.15, 0.2) is 45.0 Å². The number of ether oxygens (including phenoxy) is 1. The summed E-state index contributed by atoms with van der Waals surface area (Å²) < 4.78 is 8.80. The second-order valence-corrected chi connectivity index (χ2v) is 8.65. The van der Waals surface area contributed by atoms with Crippen molar-refractivity contribution in [3.05, 3.63) is 72.0 Å². The number of nitrogens with zero attached hydrogens (tertiary/aromatic N) is 3. The second-order valence-electron chi connectivity index (χ2n) is 8.21. The lowest BCUT2D eigenvalue weighted by molar-refractivity contribution is -0.745. The topological polar surface area (TPSA) is 197 Å². The van der Waals surface area contributed by atoms with Gasteiger partial charge in [0.05, 0.1) is 6.54 Å². The van der Waals surface area contributed by atoms with Crippen molar-refractivity contribution >= 4 is 34.4 Å². The first kappa shape index (κ1) is 23.0. The van der Waals surface area contributed by atoms with E-state index in [0.717, 1.165) is 5.56 Å². The molecule has 4 atom stereocenters. The molecule has 0 radical (unpaired) electrons. The van der Waals surface area contributed by atoms with Crippen LogP contribution in [0.25, 0.3) is 11.2 Å². The predicted octanol–water partition coefficient (Wildman–Crippen LogP) is -1.67. The van der Waals surface area contributed by atoms with E-state index in [4.69, 9.17) is 22.1 Å². The standard InChI is InChI=1S/C21H19ClN6O7/c22-9-3-1-2-8(4-9)6-27-7-28(18-12(27)19(34)26-21(23)25-18)20-17(33)13(29)10(35-20)5-24-11-14(30)16(32)15(11)31/h1-4,7,10,13,17,20,29,33H,5-6H2,(H4-,23,24,25,26,30,31,32,34)/p+1/t10-,13-,17-,20-/m1/s1. The molecule has 2 aromatic heterocycles. The molecule has 5 rings (SSSR count). The number of imidazole rings is 1. The van der Waals surface area contributed by atoms with Crippen LogP contribution >= 0.6 is 11.6 Å². The number of benzene rings is 1. The maximum Gasteiger partial charge on any atom is 0.313 e. The molecular weight excluding hydrogens is 484 g/mol. The average Bonchev–Trinajstić information content (AvgIpc) is 3.30. The largest absolute Gasteiger partial charge is 0.502 e. The first-order valence-electron chi connectivity index (χ1n) is 10.5. The quantitative estimate of drug-likeness (QED) is 0.131. The van der Waals surface area contributed by atoms with Crippen LogP contribution in [0.1, 0.15) is 11.8 Å². The van der Waals surface area contributed by atoms with Gasteiger partial charge in [0.25, 0.3) is 22.4 Å². The Balaban J connectivity index is 1.48. The molecule has 1 fully saturated rings. The fourth-order valence-electron chi connectivity index (χ4n) is 4.19. The summed E-state index contributed by atoms with van der Waals surface area (Å²) in [5.41, 5.74) is 4.11. The van der Waals surface area contributed by atoms with Crippen LogP contribution in [-0.2, 0) is 11.3 Å². The lowest BCUT2D eigenvalue weighted by Gasteiger charge is -2.16. The number of hydrogen-bond acceptors (Lipinski definition) is 10. The summed E-state index contributed by atoms with van der Waals surface area (Å²) in [4.78, 5) is 42.1. The fourth-order valence-corrected chi connectivity index (χ4v) is 4.40. The van der Waals surface area contributed by atoms with Gasteiger partial charge in [0.15, 0.2) is 12.1 Å². The number of rotatable bonds is 6. The molecule has 35 heavy (non-hydrogen) atoms. The zero-order valence-electron chi connectivity index (χ0n) is 17.9. The van der Waals surface area contributed by atoms with E-state index >= 15 is 0 Å². The molecule has 0 saturated carbocycles. The minimum absolute atomic E-state index is 0.109. The van der Waals surface area contributed by atoms with E-state index in [1.54, 1.807) is 22.8 Å². The predicted molar refractivity (Wildman–Crippen MR) is 123 cm³/mol. The van der Waals surface area contributed by atoms with Crippen LogP contribution in [-0.4, -0.2) is 54.7 Å². The van der Waals surface area contributed by atoms with Crippen molar-refractivity contribution in [2.75, 3.05) is 17.6 Å². The van der Waals surface area contributed by atoms with E-state index in [1.165, 1.54) is 10.9 Å². The number of aromatic hydroxyl groups is 1. The van der Waals surface area contributed by atoms with Gasteiger partial charge >= 0.3 is 5.65 Å². The highest BCUT2D eigenvalue weighted by molar-refractivity contribution is 6.30. The van der Waals surface area contributed by atoms with Gasteiger partial charge in [-0.15, -0.1) is 0 Å². The van der Waals surface area contributed by atoms with Crippen molar-refractivity contribution < 1.29 is 24.6 Å². The van der Waals surface area contributed by atoms with Crippen LogP contribution < -0.4 is 32.0 Å². The van der Waals surface area contributed by atoms with E-state index in [2.05, 4.69) is 15.3 Å². The Kier molecular flexibility index (Phi) is 5.56. The number of H-pyrrole nitrogens is 1. The van der Waals surface area contributed by atoms with E-state index < -0.39 is 46.7 Å². The SMILES string of the molecule is Nc1nc2c(c(=O)[nH]1)n(Cc1cccc(Cl)c1)c[n+]2[C@@H]1O[C@H](CNc2c(O)c(=O)c2=O)[C@@H](O)[C@H]1O. The highest BCUT2D eigenvalue weighted by atomic mass is 35.5. The van der Waals surface area contributed by atoms with Crippen LogP contribution in [0.5, 0.6) is 5.75 Å². The van der Waals surface area contributed by atoms with E-state index in [-0.39, 0.29) is 35.9 Å². The maximum absolute atomic E-state index is 12.7. The van der Waals surface area contributed by atoms with Gasteiger partial charge in [0.1, 0.15) is 24.0 Å². The summed E-state index contributed by atoms with van der Waals surface area (Å²) in [5.74, 6) is -0.851. The van der Waals surface area contributed by atoms with Gasteiger partial charge in [-0.2, -0.15) is 0 Å². The highest BCUT2D eigenvalue weighted by Crippen LogP contribution is 2.28. The minimum atomic E-state index is -1.44. The number of hydrogen-bond donors (Lipinski definition) is 6. The number of fused-ring (bicyclic) bond motifs is 1. The van der Waals surface area contributed by atoms with Crippen LogP contribution in [0.2, 0.25) is 5.02 Å². The lowest BCUT2D eigenvalue weighted by atomic mass is 10.1. The molecule has 4 aromatic rings.